The molecule has 3 aromatic heterocycles. The van der Waals surface area contributed by atoms with Crippen molar-refractivity contribution in [2.45, 2.75) is 19.4 Å². The van der Waals surface area contributed by atoms with Gasteiger partial charge in [-0.1, -0.05) is 11.6 Å². The summed E-state index contributed by atoms with van der Waals surface area (Å²) in [6.07, 6.45) is 5.15. The van der Waals surface area contributed by atoms with E-state index < -0.39 is 11.6 Å². The molecule has 0 radical (unpaired) electrons. The topological polar surface area (TPSA) is 48.0 Å². The molecule has 0 aliphatic carbocycles. The van der Waals surface area contributed by atoms with Crippen LogP contribution in [-0.4, -0.2) is 24.1 Å². The lowest BCUT2D eigenvalue weighted by atomic mass is 10.1. The quantitative estimate of drug-likeness (QED) is 0.498. The van der Waals surface area contributed by atoms with Crippen LogP contribution in [0.25, 0.3) is 28.2 Å². The van der Waals surface area contributed by atoms with Gasteiger partial charge in [0, 0.05) is 30.3 Å². The third kappa shape index (κ3) is 2.24. The molecule has 1 aromatic carbocycles. The summed E-state index contributed by atoms with van der Waals surface area (Å²) >= 11 is 6.21. The van der Waals surface area contributed by atoms with Crippen molar-refractivity contribution in [1.29, 1.82) is 0 Å². The molecule has 0 spiro atoms. The standard InChI is InChI=1S/C18H12ClF2N5/c19-12-7-14(21)13(20)6-11(12)17-18(25-5-1-2-16(25)24-17)10-3-4-15-22-9-23-26(15)8-10/h3-4,6-9H,1-2,5H2. The SMILES string of the molecule is Fc1cc(Cl)c(-c2nc3n(c2-c2ccc4ncnn4c2)CCC3)cc1F. The van der Waals surface area contributed by atoms with Crippen LogP contribution in [0.2, 0.25) is 5.02 Å². The fraction of sp³-hybridized carbons (Fsp3) is 0.167. The molecule has 5 rings (SSSR count). The van der Waals surface area contributed by atoms with Gasteiger partial charge in [-0.2, -0.15) is 5.10 Å². The van der Waals surface area contributed by atoms with Gasteiger partial charge in [0.25, 0.3) is 0 Å². The zero-order chi connectivity index (χ0) is 17.8. The zero-order valence-electron chi connectivity index (χ0n) is 13.5. The largest absolute Gasteiger partial charge is 0.327 e. The molecule has 0 fully saturated rings. The van der Waals surface area contributed by atoms with Gasteiger partial charge >= 0.3 is 0 Å². The first-order valence-electron chi connectivity index (χ1n) is 8.16. The van der Waals surface area contributed by atoms with Gasteiger partial charge in [0.2, 0.25) is 0 Å². The van der Waals surface area contributed by atoms with Gasteiger partial charge in [0.05, 0.1) is 16.4 Å². The van der Waals surface area contributed by atoms with E-state index in [2.05, 4.69) is 19.6 Å². The number of fused-ring (bicyclic) bond motifs is 2. The molecule has 0 N–H and O–H groups in total. The molecule has 0 amide bonds. The Labute approximate surface area is 151 Å². The van der Waals surface area contributed by atoms with Crippen molar-refractivity contribution >= 4 is 17.2 Å². The number of halogens is 3. The molecule has 0 atom stereocenters. The molecule has 0 saturated heterocycles. The van der Waals surface area contributed by atoms with Crippen LogP contribution in [-0.2, 0) is 13.0 Å². The molecule has 8 heteroatoms. The predicted molar refractivity (Wildman–Crippen MR) is 92.9 cm³/mol. The highest BCUT2D eigenvalue weighted by Crippen LogP contribution is 2.39. The molecule has 130 valence electrons. The van der Waals surface area contributed by atoms with Crippen molar-refractivity contribution in [2.75, 3.05) is 0 Å². The van der Waals surface area contributed by atoms with Gasteiger partial charge in [-0.25, -0.2) is 23.3 Å². The zero-order valence-corrected chi connectivity index (χ0v) is 14.2. The maximum atomic E-state index is 13.9. The van der Waals surface area contributed by atoms with Gasteiger partial charge in [0.15, 0.2) is 17.3 Å². The smallest absolute Gasteiger partial charge is 0.160 e. The fourth-order valence-corrected chi connectivity index (χ4v) is 3.71. The van der Waals surface area contributed by atoms with Crippen molar-refractivity contribution < 1.29 is 8.78 Å². The number of nitrogens with zero attached hydrogens (tertiary/aromatic N) is 5. The van der Waals surface area contributed by atoms with Gasteiger partial charge < -0.3 is 4.57 Å². The second-order valence-electron chi connectivity index (χ2n) is 6.21. The van der Waals surface area contributed by atoms with Crippen molar-refractivity contribution in [3.63, 3.8) is 0 Å². The van der Waals surface area contributed by atoms with Gasteiger partial charge in [-0.3, -0.25) is 0 Å². The Hall–Kier alpha value is -2.80. The number of imidazole rings is 1. The Balaban J connectivity index is 1.78. The molecule has 0 bridgehead atoms. The lowest BCUT2D eigenvalue weighted by Crippen LogP contribution is -1.99. The summed E-state index contributed by atoms with van der Waals surface area (Å²) < 4.78 is 31.1. The van der Waals surface area contributed by atoms with Gasteiger partial charge in [-0.05, 0) is 30.7 Å². The summed E-state index contributed by atoms with van der Waals surface area (Å²) in [5, 5.41) is 4.30. The lowest BCUT2D eigenvalue weighted by molar-refractivity contribution is 0.509. The number of aromatic nitrogens is 5. The number of hydrogen-bond donors (Lipinski definition) is 0. The monoisotopic (exact) mass is 371 g/mol. The number of rotatable bonds is 2. The van der Waals surface area contributed by atoms with E-state index in [0.29, 0.717) is 11.3 Å². The van der Waals surface area contributed by atoms with Crippen LogP contribution in [0, 0.1) is 11.6 Å². The van der Waals surface area contributed by atoms with E-state index in [1.165, 1.54) is 6.33 Å². The summed E-state index contributed by atoms with van der Waals surface area (Å²) in [6, 6.07) is 5.87. The van der Waals surface area contributed by atoms with Crippen LogP contribution in [0.5, 0.6) is 0 Å². The third-order valence-electron chi connectivity index (χ3n) is 4.64. The highest BCUT2D eigenvalue weighted by molar-refractivity contribution is 6.33. The number of pyridine rings is 1. The Bertz CT molecular complexity index is 1160. The summed E-state index contributed by atoms with van der Waals surface area (Å²) in [5.74, 6) is -1.01. The minimum absolute atomic E-state index is 0.128. The number of benzene rings is 1. The molecule has 4 heterocycles. The van der Waals surface area contributed by atoms with Crippen molar-refractivity contribution in [3.8, 4) is 22.5 Å². The first-order valence-corrected chi connectivity index (χ1v) is 8.53. The minimum atomic E-state index is -0.976. The van der Waals surface area contributed by atoms with E-state index in [9.17, 15) is 8.78 Å². The second kappa shape index (κ2) is 5.60. The summed E-state index contributed by atoms with van der Waals surface area (Å²) in [6.45, 7) is 0.814. The maximum Gasteiger partial charge on any atom is 0.160 e. The predicted octanol–water partition coefficient (Wildman–Crippen LogP) is 4.14. The van der Waals surface area contributed by atoms with Crippen LogP contribution in [0.3, 0.4) is 0 Å². The summed E-state index contributed by atoms with van der Waals surface area (Å²) in [7, 11) is 0. The average Bonchev–Trinajstić information content (AvgIpc) is 3.32. The first-order chi connectivity index (χ1) is 12.6. The van der Waals surface area contributed by atoms with Crippen LogP contribution >= 0.6 is 11.6 Å². The molecular formula is C18H12ClF2N5. The number of hydrogen-bond acceptors (Lipinski definition) is 3. The van der Waals surface area contributed by atoms with Crippen molar-refractivity contribution in [3.05, 3.63) is 59.3 Å². The lowest BCUT2D eigenvalue weighted by Gasteiger charge is -2.10. The van der Waals surface area contributed by atoms with Gasteiger partial charge in [0.1, 0.15) is 12.2 Å². The maximum absolute atomic E-state index is 13.9. The molecule has 1 aliphatic rings. The molecule has 4 aromatic rings. The van der Waals surface area contributed by atoms with Crippen LogP contribution in [0.1, 0.15) is 12.2 Å². The molecule has 0 saturated carbocycles. The van der Waals surface area contributed by atoms with Crippen molar-refractivity contribution in [2.24, 2.45) is 0 Å². The van der Waals surface area contributed by atoms with Crippen molar-refractivity contribution in [1.82, 2.24) is 24.1 Å². The number of aryl methyl sites for hydroxylation is 1. The second-order valence-corrected chi connectivity index (χ2v) is 6.61. The summed E-state index contributed by atoms with van der Waals surface area (Å²) in [4.78, 5) is 8.83. The normalized spacial score (nSPS) is 13.5. The minimum Gasteiger partial charge on any atom is -0.327 e. The van der Waals surface area contributed by atoms with Gasteiger partial charge in [-0.15, -0.1) is 0 Å². The molecule has 1 aliphatic heterocycles. The van der Waals surface area contributed by atoms with E-state index in [1.54, 1.807) is 4.52 Å². The van der Waals surface area contributed by atoms with E-state index in [-0.39, 0.29) is 5.02 Å². The third-order valence-corrected chi connectivity index (χ3v) is 4.95. The Morgan fingerprint density at radius 1 is 1.12 bits per heavy atom. The molecule has 26 heavy (non-hydrogen) atoms. The highest BCUT2D eigenvalue weighted by atomic mass is 35.5. The summed E-state index contributed by atoms with van der Waals surface area (Å²) in [5.41, 5.74) is 3.33. The highest BCUT2D eigenvalue weighted by Gasteiger charge is 2.25. The molecule has 0 unspecified atom stereocenters. The van der Waals surface area contributed by atoms with Crippen LogP contribution in [0.4, 0.5) is 8.78 Å². The molecule has 5 nitrogen and oxygen atoms in total. The average molecular weight is 372 g/mol. The van der Waals surface area contributed by atoms with E-state index in [0.717, 1.165) is 54.2 Å². The van der Waals surface area contributed by atoms with E-state index in [4.69, 9.17) is 11.6 Å². The van der Waals surface area contributed by atoms with E-state index >= 15 is 0 Å². The van der Waals surface area contributed by atoms with E-state index in [1.807, 2.05) is 18.3 Å². The van der Waals surface area contributed by atoms with Crippen LogP contribution in [0.15, 0.2) is 36.8 Å². The fourth-order valence-electron chi connectivity index (χ4n) is 3.47. The van der Waals surface area contributed by atoms with Crippen LogP contribution < -0.4 is 0 Å². The Morgan fingerprint density at radius 3 is 2.85 bits per heavy atom. The Morgan fingerprint density at radius 2 is 1.96 bits per heavy atom. The Kier molecular flexibility index (Phi) is 3.33. The first kappa shape index (κ1) is 15.5. The molecular weight excluding hydrogens is 360 g/mol.